The fraction of sp³-hybridized carbons (Fsp3) is 0. The van der Waals surface area contributed by atoms with Crippen LogP contribution in [0, 0.1) is 0 Å². The lowest BCUT2D eigenvalue weighted by Gasteiger charge is -2.26. The third-order valence-electron chi connectivity index (χ3n) is 4.74. The molecule has 0 aromatic heterocycles. The van der Waals surface area contributed by atoms with Crippen molar-refractivity contribution in [2.75, 3.05) is 4.90 Å². The molecule has 0 atom stereocenters. The van der Waals surface area contributed by atoms with Crippen molar-refractivity contribution in [2.24, 2.45) is 0 Å². The van der Waals surface area contributed by atoms with Crippen LogP contribution < -0.4 is 15.0 Å². The number of nitrogens with zero attached hydrogens (tertiary/aromatic N) is 1. The van der Waals surface area contributed by atoms with Crippen LogP contribution in [0.2, 0.25) is 5.02 Å². The van der Waals surface area contributed by atoms with Crippen LogP contribution in [0.3, 0.4) is 0 Å². The Kier molecular flexibility index (Phi) is 6.97. The van der Waals surface area contributed by atoms with Gasteiger partial charge < -0.3 is 4.74 Å². The van der Waals surface area contributed by atoms with Gasteiger partial charge in [-0.05, 0) is 72.8 Å². The summed E-state index contributed by atoms with van der Waals surface area (Å²) < 4.78 is 6.95. The van der Waals surface area contributed by atoms with Gasteiger partial charge in [0.2, 0.25) is 0 Å². The number of anilines is 1. The largest absolute Gasteiger partial charge is 0.422 e. The molecule has 4 rings (SSSR count). The predicted octanol–water partition coefficient (Wildman–Crippen LogP) is 5.75. The number of benzene rings is 3. The van der Waals surface area contributed by atoms with Crippen molar-refractivity contribution in [3.8, 4) is 5.75 Å². The fourth-order valence-electron chi connectivity index (χ4n) is 3.11. The highest BCUT2D eigenvalue weighted by Crippen LogP contribution is 2.29. The number of ether oxygens (including phenoxy) is 1. The summed E-state index contributed by atoms with van der Waals surface area (Å²) in [5.41, 5.74) is 0.523. The molecular weight excluding hydrogens is 592 g/mol. The van der Waals surface area contributed by atoms with E-state index in [2.05, 4.69) is 37.2 Å². The monoisotopic (exact) mass is 602 g/mol. The topological polar surface area (TPSA) is 92.8 Å². The number of hydrogen-bond donors (Lipinski definition) is 1. The Balaban J connectivity index is 1.70. The quantitative estimate of drug-likeness (QED) is 0.177. The molecule has 1 fully saturated rings. The van der Waals surface area contributed by atoms with E-state index in [4.69, 9.17) is 16.3 Å². The van der Waals surface area contributed by atoms with Gasteiger partial charge >= 0.3 is 12.0 Å². The highest BCUT2D eigenvalue weighted by Gasteiger charge is 2.37. The lowest BCUT2D eigenvalue weighted by atomic mass is 10.1. The number of esters is 1. The number of amides is 4. The molecule has 34 heavy (non-hydrogen) atoms. The third-order valence-corrected chi connectivity index (χ3v) is 6.01. The van der Waals surface area contributed by atoms with Crippen LogP contribution in [-0.4, -0.2) is 23.8 Å². The van der Waals surface area contributed by atoms with E-state index in [0.29, 0.717) is 15.1 Å². The van der Waals surface area contributed by atoms with Gasteiger partial charge in [-0.3, -0.25) is 14.9 Å². The minimum absolute atomic E-state index is 0.124. The van der Waals surface area contributed by atoms with Crippen molar-refractivity contribution >= 4 is 79.0 Å². The van der Waals surface area contributed by atoms with Crippen LogP contribution in [0.1, 0.15) is 15.9 Å². The Morgan fingerprint density at radius 1 is 0.912 bits per heavy atom. The number of nitrogens with one attached hydrogen (secondary N) is 1. The van der Waals surface area contributed by atoms with Gasteiger partial charge in [0.1, 0.15) is 11.3 Å². The van der Waals surface area contributed by atoms with E-state index in [1.807, 2.05) is 0 Å². The first-order valence-electron chi connectivity index (χ1n) is 9.67. The molecule has 10 heteroatoms. The van der Waals surface area contributed by atoms with E-state index in [1.54, 1.807) is 36.4 Å². The molecule has 1 saturated heterocycles. The van der Waals surface area contributed by atoms with Gasteiger partial charge in [0, 0.05) is 19.5 Å². The Bertz CT molecular complexity index is 1350. The molecule has 1 heterocycles. The Morgan fingerprint density at radius 2 is 1.56 bits per heavy atom. The first-order chi connectivity index (χ1) is 16.2. The van der Waals surface area contributed by atoms with Crippen molar-refractivity contribution in [1.29, 1.82) is 0 Å². The van der Waals surface area contributed by atoms with Gasteiger partial charge in [0.25, 0.3) is 11.8 Å². The molecule has 0 radical (unpaired) electrons. The van der Waals surface area contributed by atoms with E-state index >= 15 is 0 Å². The second-order valence-electron chi connectivity index (χ2n) is 7.01. The number of carbonyl (C=O) groups is 4. The Hall–Kier alpha value is -3.27. The number of rotatable bonds is 4. The summed E-state index contributed by atoms with van der Waals surface area (Å²) in [6, 6.07) is 16.5. The molecule has 1 aliphatic heterocycles. The van der Waals surface area contributed by atoms with Crippen molar-refractivity contribution in [3.05, 3.63) is 97.4 Å². The van der Waals surface area contributed by atoms with Crippen molar-refractivity contribution in [2.45, 2.75) is 0 Å². The average Bonchev–Trinajstić information content (AvgIpc) is 2.80. The number of imide groups is 2. The van der Waals surface area contributed by atoms with Crippen LogP contribution in [0.25, 0.3) is 6.08 Å². The Labute approximate surface area is 215 Å². The van der Waals surface area contributed by atoms with Crippen LogP contribution in [0.15, 0.2) is 81.2 Å². The molecule has 0 saturated carbocycles. The number of halogens is 3. The number of urea groups is 1. The molecular formula is C24H13Br2ClN2O5. The number of barbiturate groups is 1. The summed E-state index contributed by atoms with van der Waals surface area (Å²) in [5, 5.41) is 2.57. The second-order valence-corrected chi connectivity index (χ2v) is 9.28. The second kappa shape index (κ2) is 9.92. The molecule has 0 unspecified atom stereocenters. The molecule has 1 N–H and O–H groups in total. The van der Waals surface area contributed by atoms with Gasteiger partial charge in [0.15, 0.2) is 0 Å². The summed E-state index contributed by atoms with van der Waals surface area (Å²) in [7, 11) is 0. The van der Waals surface area contributed by atoms with Crippen molar-refractivity contribution in [3.63, 3.8) is 0 Å². The first kappa shape index (κ1) is 23.9. The van der Waals surface area contributed by atoms with Gasteiger partial charge in [-0.1, -0.05) is 43.5 Å². The highest BCUT2D eigenvalue weighted by atomic mass is 79.9. The summed E-state index contributed by atoms with van der Waals surface area (Å²) in [5.74, 6) is -2.20. The maximum atomic E-state index is 13.1. The molecule has 3 aromatic carbocycles. The van der Waals surface area contributed by atoms with Gasteiger partial charge in [-0.15, -0.1) is 0 Å². The lowest BCUT2D eigenvalue weighted by Crippen LogP contribution is -2.54. The lowest BCUT2D eigenvalue weighted by molar-refractivity contribution is -0.122. The summed E-state index contributed by atoms with van der Waals surface area (Å²) >= 11 is 12.5. The number of hydrogen-bond acceptors (Lipinski definition) is 5. The van der Waals surface area contributed by atoms with Crippen LogP contribution in [0.4, 0.5) is 10.5 Å². The molecule has 3 aromatic rings. The fourth-order valence-corrected chi connectivity index (χ4v) is 3.88. The average molecular weight is 605 g/mol. The summed E-state index contributed by atoms with van der Waals surface area (Å²) in [4.78, 5) is 51.5. The number of carbonyl (C=O) groups excluding carboxylic acids is 4. The van der Waals surface area contributed by atoms with E-state index in [1.165, 1.54) is 36.4 Å². The standard InChI is InChI=1S/C24H13Br2ClN2O5/c25-15-3-1-13(2-4-15)23(32)34-20-10-5-16(26)11-14(20)12-19-21(30)28-24(33)29(22(19)31)18-8-6-17(27)7-9-18/h1-12H,(H,28,30,33)/b19-12-. The normalized spacial score (nSPS) is 14.9. The third kappa shape index (κ3) is 5.11. The van der Waals surface area contributed by atoms with Crippen LogP contribution >= 0.6 is 43.5 Å². The van der Waals surface area contributed by atoms with Crippen molar-refractivity contribution in [1.82, 2.24) is 5.32 Å². The van der Waals surface area contributed by atoms with Gasteiger partial charge in [-0.25, -0.2) is 14.5 Å². The van der Waals surface area contributed by atoms with Crippen LogP contribution in [0.5, 0.6) is 5.75 Å². The first-order valence-corrected chi connectivity index (χ1v) is 11.6. The highest BCUT2D eigenvalue weighted by molar-refractivity contribution is 9.10. The molecule has 1 aliphatic rings. The molecule has 0 spiro atoms. The van der Waals surface area contributed by atoms with Gasteiger partial charge in [-0.2, -0.15) is 0 Å². The molecule has 170 valence electrons. The van der Waals surface area contributed by atoms with E-state index in [9.17, 15) is 19.2 Å². The smallest absolute Gasteiger partial charge is 0.343 e. The zero-order valence-corrected chi connectivity index (χ0v) is 21.0. The predicted molar refractivity (Wildman–Crippen MR) is 134 cm³/mol. The summed E-state index contributed by atoms with van der Waals surface area (Å²) in [6.45, 7) is 0. The van der Waals surface area contributed by atoms with E-state index in [0.717, 1.165) is 9.37 Å². The molecule has 0 aliphatic carbocycles. The van der Waals surface area contributed by atoms with E-state index in [-0.39, 0.29) is 22.6 Å². The maximum absolute atomic E-state index is 13.1. The van der Waals surface area contributed by atoms with Crippen LogP contribution in [-0.2, 0) is 9.59 Å². The molecule has 0 bridgehead atoms. The minimum atomic E-state index is -0.884. The maximum Gasteiger partial charge on any atom is 0.343 e. The minimum Gasteiger partial charge on any atom is -0.422 e. The van der Waals surface area contributed by atoms with E-state index < -0.39 is 23.8 Å². The van der Waals surface area contributed by atoms with Crippen molar-refractivity contribution < 1.29 is 23.9 Å². The van der Waals surface area contributed by atoms with Gasteiger partial charge in [0.05, 0.1) is 11.3 Å². The SMILES string of the molecule is O=C1NC(=O)N(c2ccc(Cl)cc2)C(=O)/C1=C\c1cc(Br)ccc1OC(=O)c1ccc(Br)cc1. The molecule has 7 nitrogen and oxygen atoms in total. The summed E-state index contributed by atoms with van der Waals surface area (Å²) in [6.07, 6.45) is 1.27. The zero-order valence-electron chi connectivity index (χ0n) is 17.1. The zero-order chi connectivity index (χ0) is 24.4. The Morgan fingerprint density at radius 3 is 2.24 bits per heavy atom. The molecule has 4 amide bonds.